The van der Waals surface area contributed by atoms with Crippen molar-refractivity contribution in [3.8, 4) is 0 Å². The van der Waals surface area contributed by atoms with Crippen molar-refractivity contribution in [1.82, 2.24) is 20.0 Å². The lowest BCUT2D eigenvalue weighted by molar-refractivity contribution is -0.136. The zero-order valence-corrected chi connectivity index (χ0v) is 14.8. The number of hydrogen-bond acceptors (Lipinski definition) is 5. The quantitative estimate of drug-likeness (QED) is 0.704. The molecule has 2 atom stereocenters. The van der Waals surface area contributed by atoms with Crippen LogP contribution in [-0.4, -0.2) is 98.9 Å². The van der Waals surface area contributed by atoms with Crippen LogP contribution in [0, 0.1) is 0 Å². The lowest BCUT2D eigenvalue weighted by atomic mass is 10.0. The summed E-state index contributed by atoms with van der Waals surface area (Å²) in [6, 6.07) is -1.12. The Labute approximate surface area is 137 Å². The maximum absolute atomic E-state index is 12.4. The molecule has 0 aromatic rings. The van der Waals surface area contributed by atoms with Crippen LogP contribution in [0.1, 0.15) is 13.3 Å². The first-order valence-electron chi connectivity index (χ1n) is 7.94. The van der Waals surface area contributed by atoms with Crippen LogP contribution in [0.5, 0.6) is 0 Å². The standard InChI is InChI=1S/C14H26N4O4S/c1-4-5-15-14(20)18-7-6-17(13(19)8-16(2)3)11-9-23(21,22)10-12(11)18/h11-12H,4-10H2,1-3H3,(H,15,20)/t11-,12+/m0/s1. The molecule has 23 heavy (non-hydrogen) atoms. The van der Waals surface area contributed by atoms with Crippen molar-refractivity contribution in [1.29, 1.82) is 0 Å². The number of carbonyl (C=O) groups is 2. The van der Waals surface area contributed by atoms with E-state index in [-0.39, 0.29) is 30.0 Å². The summed E-state index contributed by atoms with van der Waals surface area (Å²) >= 11 is 0. The average Bonchev–Trinajstić information content (AvgIpc) is 2.77. The number of carbonyl (C=O) groups excluding carboxylic acids is 2. The molecule has 0 saturated carbocycles. The van der Waals surface area contributed by atoms with E-state index in [0.29, 0.717) is 19.6 Å². The fourth-order valence-electron chi connectivity index (χ4n) is 3.21. The van der Waals surface area contributed by atoms with Crippen LogP contribution in [0.25, 0.3) is 0 Å². The van der Waals surface area contributed by atoms with E-state index in [9.17, 15) is 18.0 Å². The highest BCUT2D eigenvalue weighted by atomic mass is 32.2. The molecule has 0 radical (unpaired) electrons. The molecule has 1 N–H and O–H groups in total. The molecule has 0 unspecified atom stereocenters. The van der Waals surface area contributed by atoms with Gasteiger partial charge in [0.05, 0.1) is 30.1 Å². The van der Waals surface area contributed by atoms with Gasteiger partial charge >= 0.3 is 6.03 Å². The minimum Gasteiger partial charge on any atom is -0.338 e. The number of nitrogens with one attached hydrogen (secondary N) is 1. The van der Waals surface area contributed by atoms with Crippen LogP contribution in [-0.2, 0) is 14.6 Å². The Balaban J connectivity index is 2.16. The monoisotopic (exact) mass is 346 g/mol. The molecule has 0 aliphatic carbocycles. The Kier molecular flexibility index (Phi) is 5.51. The van der Waals surface area contributed by atoms with Gasteiger partial charge in [-0.1, -0.05) is 6.92 Å². The smallest absolute Gasteiger partial charge is 0.317 e. The second kappa shape index (κ2) is 7.04. The second-order valence-corrected chi connectivity index (χ2v) is 8.62. The van der Waals surface area contributed by atoms with Gasteiger partial charge in [0, 0.05) is 19.6 Å². The first-order chi connectivity index (χ1) is 10.7. The molecule has 0 aromatic carbocycles. The number of likely N-dealkylation sites (N-methyl/N-ethyl adjacent to an activating group) is 1. The third kappa shape index (κ3) is 4.14. The summed E-state index contributed by atoms with van der Waals surface area (Å²) < 4.78 is 24.1. The van der Waals surface area contributed by atoms with E-state index in [1.807, 2.05) is 6.92 Å². The molecular formula is C14H26N4O4S. The predicted molar refractivity (Wildman–Crippen MR) is 86.9 cm³/mol. The molecule has 9 heteroatoms. The first-order valence-corrected chi connectivity index (χ1v) is 9.76. The van der Waals surface area contributed by atoms with Gasteiger partial charge in [-0.05, 0) is 20.5 Å². The molecule has 0 spiro atoms. The predicted octanol–water partition coefficient (Wildman–Crippen LogP) is -1.02. The van der Waals surface area contributed by atoms with Crippen molar-refractivity contribution in [3.05, 3.63) is 0 Å². The first kappa shape index (κ1) is 18.0. The van der Waals surface area contributed by atoms with Crippen molar-refractivity contribution in [2.45, 2.75) is 25.4 Å². The third-order valence-corrected chi connectivity index (χ3v) is 5.93. The van der Waals surface area contributed by atoms with Crippen molar-refractivity contribution < 1.29 is 18.0 Å². The summed E-state index contributed by atoms with van der Waals surface area (Å²) in [6.45, 7) is 3.50. The van der Waals surface area contributed by atoms with Crippen LogP contribution >= 0.6 is 0 Å². The summed E-state index contributed by atoms with van der Waals surface area (Å²) in [6.07, 6.45) is 0.819. The van der Waals surface area contributed by atoms with E-state index in [1.54, 1.807) is 28.8 Å². The Bertz CT molecular complexity index is 563. The number of amides is 3. The number of urea groups is 1. The molecule has 0 bridgehead atoms. The van der Waals surface area contributed by atoms with Crippen LogP contribution in [0.2, 0.25) is 0 Å². The molecule has 132 valence electrons. The van der Waals surface area contributed by atoms with Crippen molar-refractivity contribution in [2.75, 3.05) is 51.8 Å². The van der Waals surface area contributed by atoms with E-state index in [1.165, 1.54) is 0 Å². The van der Waals surface area contributed by atoms with Gasteiger partial charge in [0.15, 0.2) is 9.84 Å². The summed E-state index contributed by atoms with van der Waals surface area (Å²) in [5.74, 6) is -0.215. The summed E-state index contributed by atoms with van der Waals surface area (Å²) in [5.41, 5.74) is 0. The van der Waals surface area contributed by atoms with Crippen molar-refractivity contribution in [3.63, 3.8) is 0 Å². The van der Waals surface area contributed by atoms with E-state index >= 15 is 0 Å². The zero-order valence-electron chi connectivity index (χ0n) is 14.0. The lowest BCUT2D eigenvalue weighted by Gasteiger charge is -2.44. The maximum atomic E-state index is 12.4. The highest BCUT2D eigenvalue weighted by Crippen LogP contribution is 2.27. The lowest BCUT2D eigenvalue weighted by Crippen LogP contribution is -2.64. The summed E-state index contributed by atoms with van der Waals surface area (Å²) in [7, 11) is 0.362. The number of nitrogens with zero attached hydrogens (tertiary/aromatic N) is 3. The fourth-order valence-corrected chi connectivity index (χ4v) is 5.19. The van der Waals surface area contributed by atoms with Gasteiger partial charge in [0.1, 0.15) is 0 Å². The van der Waals surface area contributed by atoms with Crippen LogP contribution < -0.4 is 5.32 Å². The van der Waals surface area contributed by atoms with E-state index in [0.717, 1.165) is 6.42 Å². The number of rotatable bonds is 4. The minimum absolute atomic E-state index is 0.0611. The SMILES string of the molecule is CCCNC(=O)N1CCN(C(=O)CN(C)C)[C@H]2CS(=O)(=O)C[C@H]21. The average molecular weight is 346 g/mol. The largest absolute Gasteiger partial charge is 0.338 e. The van der Waals surface area contributed by atoms with Crippen LogP contribution in [0.3, 0.4) is 0 Å². The molecule has 8 nitrogen and oxygen atoms in total. The Morgan fingerprint density at radius 2 is 1.70 bits per heavy atom. The molecule has 2 rings (SSSR count). The van der Waals surface area contributed by atoms with Gasteiger partial charge < -0.3 is 20.0 Å². The number of fused-ring (bicyclic) bond motifs is 1. The van der Waals surface area contributed by atoms with Gasteiger partial charge in [0.2, 0.25) is 5.91 Å². The third-order valence-electron chi connectivity index (χ3n) is 4.23. The van der Waals surface area contributed by atoms with Gasteiger partial charge in [0.25, 0.3) is 0 Å². The molecule has 2 saturated heterocycles. The van der Waals surface area contributed by atoms with Crippen molar-refractivity contribution in [2.24, 2.45) is 0 Å². The Morgan fingerprint density at radius 1 is 1.13 bits per heavy atom. The fraction of sp³-hybridized carbons (Fsp3) is 0.857. The maximum Gasteiger partial charge on any atom is 0.317 e. The van der Waals surface area contributed by atoms with E-state index in [4.69, 9.17) is 0 Å². The molecule has 2 heterocycles. The molecule has 3 amide bonds. The molecule has 2 fully saturated rings. The van der Waals surface area contributed by atoms with Crippen molar-refractivity contribution >= 4 is 21.8 Å². The van der Waals surface area contributed by atoms with Crippen LogP contribution in [0.4, 0.5) is 4.79 Å². The molecule has 2 aliphatic heterocycles. The molecular weight excluding hydrogens is 320 g/mol. The van der Waals surface area contributed by atoms with E-state index in [2.05, 4.69) is 5.32 Å². The van der Waals surface area contributed by atoms with Gasteiger partial charge in [-0.3, -0.25) is 4.79 Å². The van der Waals surface area contributed by atoms with Gasteiger partial charge in [-0.2, -0.15) is 0 Å². The van der Waals surface area contributed by atoms with E-state index < -0.39 is 21.9 Å². The topological polar surface area (TPSA) is 90.0 Å². The second-order valence-electron chi connectivity index (χ2n) is 6.46. The number of sulfone groups is 1. The molecule has 2 aliphatic rings. The van der Waals surface area contributed by atoms with Crippen LogP contribution in [0.15, 0.2) is 0 Å². The Morgan fingerprint density at radius 3 is 2.26 bits per heavy atom. The van der Waals surface area contributed by atoms with Gasteiger partial charge in [-0.15, -0.1) is 0 Å². The molecule has 0 aromatic heterocycles. The zero-order chi connectivity index (χ0) is 17.2. The summed E-state index contributed by atoms with van der Waals surface area (Å²) in [4.78, 5) is 29.6. The summed E-state index contributed by atoms with van der Waals surface area (Å²) in [5, 5.41) is 2.80. The highest BCUT2D eigenvalue weighted by Gasteiger charge is 2.49. The van der Waals surface area contributed by atoms with Gasteiger partial charge in [-0.25, -0.2) is 13.2 Å². The normalized spacial score (nSPS) is 26.3. The highest BCUT2D eigenvalue weighted by molar-refractivity contribution is 7.91. The number of hydrogen-bond donors (Lipinski definition) is 1. The minimum atomic E-state index is -3.24. The Hall–Kier alpha value is -1.35. The number of piperazine rings is 1.